The lowest BCUT2D eigenvalue weighted by Gasteiger charge is -2.09. The summed E-state index contributed by atoms with van der Waals surface area (Å²) < 4.78 is 14.7. The normalized spacial score (nSPS) is 10.1. The molecule has 1 heterocycles. The molecule has 0 aliphatic rings. The van der Waals surface area contributed by atoms with E-state index in [2.05, 4.69) is 15.0 Å². The summed E-state index contributed by atoms with van der Waals surface area (Å²) in [7, 11) is 2.73. The Balaban J connectivity index is 1.90. The van der Waals surface area contributed by atoms with Gasteiger partial charge in [-0.15, -0.1) is 11.3 Å². The highest BCUT2D eigenvalue weighted by Crippen LogP contribution is 2.20. The van der Waals surface area contributed by atoms with E-state index in [0.29, 0.717) is 16.6 Å². The molecule has 2 aromatic rings. The second-order valence-corrected chi connectivity index (χ2v) is 6.08. The maximum Gasteiger partial charge on any atom is 0.342 e. The topological polar surface area (TPSA) is 104 Å². The minimum absolute atomic E-state index is 0.0189. The maximum atomic E-state index is 12.1. The number of rotatable bonds is 7. The number of anilines is 1. The van der Waals surface area contributed by atoms with Crippen LogP contribution in [0.25, 0.3) is 0 Å². The second kappa shape index (κ2) is 8.95. The van der Waals surface area contributed by atoms with Crippen LogP contribution in [0.3, 0.4) is 0 Å². The molecule has 0 saturated carbocycles. The highest BCUT2D eigenvalue weighted by Gasteiger charge is 2.16. The predicted octanol–water partition coefficient (Wildman–Crippen LogP) is 1.97. The standard InChI is InChI=1S/C17H18N2O6S/c1-10-4-5-13(23-2)12(6-10)16(22)25-8-14(20)19-17-18-11(9-26-17)7-15(21)24-3/h4-6,9H,7-8H2,1-3H3,(H,18,19,20). The molecule has 0 aliphatic carbocycles. The maximum absolute atomic E-state index is 12.1. The van der Waals surface area contributed by atoms with Gasteiger partial charge in [-0.1, -0.05) is 11.6 Å². The molecule has 1 N–H and O–H groups in total. The van der Waals surface area contributed by atoms with E-state index in [1.807, 2.05) is 6.92 Å². The first-order chi connectivity index (χ1) is 12.4. The Morgan fingerprint density at radius 2 is 2.00 bits per heavy atom. The van der Waals surface area contributed by atoms with E-state index in [1.165, 1.54) is 14.2 Å². The number of hydrogen-bond acceptors (Lipinski definition) is 8. The fraction of sp³-hybridized carbons (Fsp3) is 0.294. The number of esters is 2. The fourth-order valence-electron chi connectivity index (χ4n) is 2.01. The Labute approximate surface area is 154 Å². The van der Waals surface area contributed by atoms with Gasteiger partial charge in [0.1, 0.15) is 11.3 Å². The van der Waals surface area contributed by atoms with E-state index >= 15 is 0 Å². The first-order valence-electron chi connectivity index (χ1n) is 7.55. The minimum atomic E-state index is -0.661. The lowest BCUT2D eigenvalue weighted by molar-refractivity contribution is -0.139. The number of aromatic nitrogens is 1. The van der Waals surface area contributed by atoms with Crippen molar-refractivity contribution < 1.29 is 28.6 Å². The number of carbonyl (C=O) groups excluding carboxylic acids is 3. The molecule has 138 valence electrons. The van der Waals surface area contributed by atoms with Gasteiger partial charge in [-0.3, -0.25) is 14.9 Å². The molecule has 0 spiro atoms. The van der Waals surface area contributed by atoms with E-state index in [9.17, 15) is 14.4 Å². The highest BCUT2D eigenvalue weighted by atomic mass is 32.1. The number of hydrogen-bond donors (Lipinski definition) is 1. The van der Waals surface area contributed by atoms with Crippen molar-refractivity contribution in [2.24, 2.45) is 0 Å². The summed E-state index contributed by atoms with van der Waals surface area (Å²) in [5, 5.41) is 4.45. The van der Waals surface area contributed by atoms with E-state index in [0.717, 1.165) is 16.9 Å². The van der Waals surface area contributed by atoms with Crippen LogP contribution in [0.15, 0.2) is 23.6 Å². The van der Waals surface area contributed by atoms with Crippen LogP contribution >= 0.6 is 11.3 Å². The van der Waals surface area contributed by atoms with Crippen LogP contribution < -0.4 is 10.1 Å². The van der Waals surface area contributed by atoms with Crippen molar-refractivity contribution in [2.45, 2.75) is 13.3 Å². The Morgan fingerprint density at radius 1 is 1.23 bits per heavy atom. The molecule has 2 rings (SSSR count). The number of methoxy groups -OCH3 is 2. The summed E-state index contributed by atoms with van der Waals surface area (Å²) in [5.74, 6) is -1.25. The molecule has 0 fully saturated rings. The van der Waals surface area contributed by atoms with Crippen molar-refractivity contribution in [2.75, 3.05) is 26.1 Å². The summed E-state index contributed by atoms with van der Waals surface area (Å²) in [6, 6.07) is 5.08. The van der Waals surface area contributed by atoms with Crippen LogP contribution in [0.4, 0.5) is 5.13 Å². The molecule has 1 aromatic heterocycles. The summed E-state index contributed by atoms with van der Waals surface area (Å²) in [6.45, 7) is 1.36. The SMILES string of the molecule is COC(=O)Cc1csc(NC(=O)COC(=O)c2cc(C)ccc2OC)n1. The lowest BCUT2D eigenvalue weighted by Crippen LogP contribution is -2.21. The second-order valence-electron chi connectivity index (χ2n) is 5.22. The van der Waals surface area contributed by atoms with Gasteiger partial charge < -0.3 is 14.2 Å². The molecule has 0 radical (unpaired) electrons. The lowest BCUT2D eigenvalue weighted by atomic mass is 10.1. The van der Waals surface area contributed by atoms with E-state index < -0.39 is 24.5 Å². The molecule has 26 heavy (non-hydrogen) atoms. The van der Waals surface area contributed by atoms with Gasteiger partial charge in [-0.2, -0.15) is 0 Å². The van der Waals surface area contributed by atoms with Crippen molar-refractivity contribution >= 4 is 34.3 Å². The molecule has 0 aliphatic heterocycles. The van der Waals surface area contributed by atoms with Crippen molar-refractivity contribution in [3.05, 3.63) is 40.4 Å². The Hall–Kier alpha value is -2.94. The van der Waals surface area contributed by atoms with Crippen molar-refractivity contribution in [1.82, 2.24) is 4.98 Å². The average molecular weight is 378 g/mol. The molecule has 0 saturated heterocycles. The van der Waals surface area contributed by atoms with Crippen molar-refractivity contribution in [3.8, 4) is 5.75 Å². The number of thiazole rings is 1. The molecule has 0 bridgehead atoms. The number of ether oxygens (including phenoxy) is 3. The molecule has 1 aromatic carbocycles. The van der Waals surface area contributed by atoms with E-state index in [1.54, 1.807) is 23.6 Å². The molecule has 0 unspecified atom stereocenters. The fourth-order valence-corrected chi connectivity index (χ4v) is 2.74. The van der Waals surface area contributed by atoms with Gasteiger partial charge in [0.2, 0.25) is 0 Å². The molecular weight excluding hydrogens is 360 g/mol. The van der Waals surface area contributed by atoms with Gasteiger partial charge in [0.15, 0.2) is 11.7 Å². The van der Waals surface area contributed by atoms with Crippen LogP contribution in [0.2, 0.25) is 0 Å². The van der Waals surface area contributed by atoms with Gasteiger partial charge in [0.25, 0.3) is 5.91 Å². The number of benzene rings is 1. The van der Waals surface area contributed by atoms with Gasteiger partial charge in [-0.25, -0.2) is 9.78 Å². The summed E-state index contributed by atoms with van der Waals surface area (Å²) >= 11 is 1.16. The number of nitrogens with zero attached hydrogens (tertiary/aromatic N) is 1. The first kappa shape index (κ1) is 19.4. The molecule has 8 nitrogen and oxygen atoms in total. The average Bonchev–Trinajstić information content (AvgIpc) is 3.06. The van der Waals surface area contributed by atoms with Crippen LogP contribution in [0, 0.1) is 6.92 Å². The quantitative estimate of drug-likeness (QED) is 0.735. The number of carbonyl (C=O) groups is 3. The largest absolute Gasteiger partial charge is 0.496 e. The van der Waals surface area contributed by atoms with E-state index in [-0.39, 0.29) is 12.0 Å². The third-order valence-corrected chi connectivity index (χ3v) is 4.07. The number of amides is 1. The van der Waals surface area contributed by atoms with Gasteiger partial charge >= 0.3 is 11.9 Å². The van der Waals surface area contributed by atoms with Crippen molar-refractivity contribution in [3.63, 3.8) is 0 Å². The zero-order valence-electron chi connectivity index (χ0n) is 14.5. The zero-order valence-corrected chi connectivity index (χ0v) is 15.3. The van der Waals surface area contributed by atoms with Gasteiger partial charge in [-0.05, 0) is 19.1 Å². The summed E-state index contributed by atoms with van der Waals surface area (Å²) in [5.41, 5.74) is 1.59. The Kier molecular flexibility index (Phi) is 6.67. The molecular formula is C17H18N2O6S. The van der Waals surface area contributed by atoms with Gasteiger partial charge in [0, 0.05) is 5.38 Å². The van der Waals surface area contributed by atoms with Gasteiger partial charge in [0.05, 0.1) is 26.3 Å². The summed E-state index contributed by atoms with van der Waals surface area (Å²) in [6.07, 6.45) is 0.0189. The summed E-state index contributed by atoms with van der Waals surface area (Å²) in [4.78, 5) is 39.3. The minimum Gasteiger partial charge on any atom is -0.496 e. The molecule has 1 amide bonds. The Bertz CT molecular complexity index is 817. The van der Waals surface area contributed by atoms with Crippen LogP contribution in [-0.4, -0.2) is 43.7 Å². The smallest absolute Gasteiger partial charge is 0.342 e. The molecule has 9 heteroatoms. The van der Waals surface area contributed by atoms with Crippen LogP contribution in [0.1, 0.15) is 21.6 Å². The number of aryl methyl sites for hydroxylation is 1. The van der Waals surface area contributed by atoms with Crippen LogP contribution in [0.5, 0.6) is 5.75 Å². The van der Waals surface area contributed by atoms with E-state index in [4.69, 9.17) is 9.47 Å². The Morgan fingerprint density at radius 3 is 2.69 bits per heavy atom. The first-order valence-corrected chi connectivity index (χ1v) is 8.43. The van der Waals surface area contributed by atoms with Crippen LogP contribution in [-0.2, 0) is 25.5 Å². The van der Waals surface area contributed by atoms with Crippen molar-refractivity contribution in [1.29, 1.82) is 0 Å². The zero-order chi connectivity index (χ0) is 19.1. The highest BCUT2D eigenvalue weighted by molar-refractivity contribution is 7.13. The molecule has 0 atom stereocenters. The predicted molar refractivity (Wildman–Crippen MR) is 94.5 cm³/mol. The third-order valence-electron chi connectivity index (χ3n) is 3.26. The number of nitrogens with one attached hydrogen (secondary N) is 1. The monoisotopic (exact) mass is 378 g/mol. The third kappa shape index (κ3) is 5.28.